The molecule has 1 aliphatic carbocycles. The summed E-state index contributed by atoms with van der Waals surface area (Å²) in [7, 11) is 0. The van der Waals surface area contributed by atoms with Crippen molar-refractivity contribution in [2.45, 2.75) is 52.9 Å². The molecular formula is C21H23F2N5O3S. The van der Waals surface area contributed by atoms with Gasteiger partial charge in [0.15, 0.2) is 0 Å². The molecule has 3 heterocycles. The lowest BCUT2D eigenvalue weighted by atomic mass is 9.85. The number of rotatable bonds is 6. The molecule has 0 fully saturated rings. The number of fused-ring (bicyclic) bond motifs is 2. The summed E-state index contributed by atoms with van der Waals surface area (Å²) in [6, 6.07) is 1.20. The zero-order chi connectivity index (χ0) is 23.0. The minimum atomic E-state index is -2.80. The molecule has 0 bridgehead atoms. The first kappa shape index (κ1) is 22.3. The number of aryl methyl sites for hydroxylation is 1. The minimum Gasteiger partial charge on any atom is -0.462 e. The van der Waals surface area contributed by atoms with Crippen LogP contribution in [-0.2, 0) is 17.6 Å². The number of nitrogens with zero attached hydrogens (tertiary/aromatic N) is 4. The van der Waals surface area contributed by atoms with E-state index < -0.39 is 24.0 Å². The molecule has 0 saturated carbocycles. The second-order valence-electron chi connectivity index (χ2n) is 7.67. The van der Waals surface area contributed by atoms with E-state index >= 15 is 0 Å². The van der Waals surface area contributed by atoms with E-state index in [2.05, 4.69) is 27.3 Å². The van der Waals surface area contributed by atoms with Crippen molar-refractivity contribution < 1.29 is 23.1 Å². The first-order valence-corrected chi connectivity index (χ1v) is 11.3. The zero-order valence-corrected chi connectivity index (χ0v) is 18.8. The van der Waals surface area contributed by atoms with E-state index in [0.29, 0.717) is 22.2 Å². The number of anilines is 1. The number of nitrogens with one attached hydrogen (secondary N) is 1. The van der Waals surface area contributed by atoms with Crippen LogP contribution < -0.4 is 5.32 Å². The van der Waals surface area contributed by atoms with E-state index in [9.17, 15) is 18.4 Å². The maximum absolute atomic E-state index is 13.4. The number of thiophene rings is 1. The van der Waals surface area contributed by atoms with Gasteiger partial charge in [0.05, 0.1) is 12.2 Å². The molecule has 0 unspecified atom stereocenters. The van der Waals surface area contributed by atoms with Crippen LogP contribution in [0.1, 0.15) is 75.9 Å². The Bertz CT molecular complexity index is 1190. The van der Waals surface area contributed by atoms with Crippen LogP contribution in [-0.4, -0.2) is 38.1 Å². The summed E-state index contributed by atoms with van der Waals surface area (Å²) in [6.45, 7) is 5.63. The molecule has 32 heavy (non-hydrogen) atoms. The minimum absolute atomic E-state index is 0.0904. The monoisotopic (exact) mass is 463 g/mol. The molecule has 0 aliphatic heterocycles. The molecule has 0 saturated heterocycles. The number of hydrogen-bond acceptors (Lipinski definition) is 7. The number of hydrogen-bond donors (Lipinski definition) is 1. The Morgan fingerprint density at radius 2 is 2.12 bits per heavy atom. The highest BCUT2D eigenvalue weighted by Crippen LogP contribution is 2.41. The van der Waals surface area contributed by atoms with E-state index in [0.717, 1.165) is 40.6 Å². The van der Waals surface area contributed by atoms with Crippen molar-refractivity contribution in [1.82, 2.24) is 19.6 Å². The van der Waals surface area contributed by atoms with Crippen molar-refractivity contribution in [1.29, 1.82) is 0 Å². The maximum Gasteiger partial charge on any atom is 0.341 e. The Morgan fingerprint density at radius 1 is 1.34 bits per heavy atom. The standard InChI is InChI=1S/C21H23F2N5O3S/c1-4-11-6-7-12-14(9-11)32-19(15(12)20(30)31-5-2)26-18(29)17-25-21-24-10(3)8-13(16(22)23)28(21)27-17/h8,11,16H,4-7,9H2,1-3H3,(H,26,29)/t11-/m0/s1. The Labute approximate surface area is 187 Å². The lowest BCUT2D eigenvalue weighted by Gasteiger charge is -2.20. The van der Waals surface area contributed by atoms with Crippen LogP contribution in [0, 0.1) is 12.8 Å². The smallest absolute Gasteiger partial charge is 0.341 e. The molecule has 11 heteroatoms. The third kappa shape index (κ3) is 4.08. The molecule has 8 nitrogen and oxygen atoms in total. The molecule has 1 amide bonds. The van der Waals surface area contributed by atoms with Gasteiger partial charge in [-0.05, 0) is 50.7 Å². The molecule has 4 rings (SSSR count). The van der Waals surface area contributed by atoms with Gasteiger partial charge in [-0.2, -0.15) is 9.50 Å². The maximum atomic E-state index is 13.4. The summed E-state index contributed by atoms with van der Waals surface area (Å²) in [4.78, 5) is 34.7. The van der Waals surface area contributed by atoms with Crippen LogP contribution >= 0.6 is 11.3 Å². The predicted octanol–water partition coefficient (Wildman–Crippen LogP) is 4.38. The first-order valence-electron chi connectivity index (χ1n) is 10.5. The second-order valence-corrected chi connectivity index (χ2v) is 8.78. The SMILES string of the molecule is CCOC(=O)c1c(NC(=O)c2nc3nc(C)cc(C(F)F)n3n2)sc2c1CC[C@H](CC)C2. The van der Waals surface area contributed by atoms with Gasteiger partial charge in [0.25, 0.3) is 18.1 Å². The number of esters is 1. The Morgan fingerprint density at radius 3 is 2.81 bits per heavy atom. The fraction of sp³-hybridized carbons (Fsp3) is 0.476. The van der Waals surface area contributed by atoms with Crippen LogP contribution in [0.4, 0.5) is 13.8 Å². The number of alkyl halides is 2. The molecule has 0 aromatic carbocycles. The van der Waals surface area contributed by atoms with Crippen molar-refractivity contribution >= 4 is 34.0 Å². The quantitative estimate of drug-likeness (QED) is 0.545. The van der Waals surface area contributed by atoms with Crippen LogP contribution in [0.15, 0.2) is 6.07 Å². The Balaban J connectivity index is 1.69. The average molecular weight is 464 g/mol. The number of aromatic nitrogens is 4. The largest absolute Gasteiger partial charge is 0.462 e. The molecular weight excluding hydrogens is 440 g/mol. The van der Waals surface area contributed by atoms with E-state index in [4.69, 9.17) is 4.74 Å². The molecule has 170 valence electrons. The van der Waals surface area contributed by atoms with Crippen molar-refractivity contribution in [2.24, 2.45) is 5.92 Å². The number of halogens is 2. The van der Waals surface area contributed by atoms with E-state index in [-0.39, 0.29) is 18.2 Å². The normalized spacial score (nSPS) is 15.8. The highest BCUT2D eigenvalue weighted by atomic mass is 32.1. The van der Waals surface area contributed by atoms with Gasteiger partial charge in [-0.25, -0.2) is 18.6 Å². The van der Waals surface area contributed by atoms with Crippen LogP contribution in [0.25, 0.3) is 5.78 Å². The van der Waals surface area contributed by atoms with Crippen molar-refractivity contribution in [3.8, 4) is 0 Å². The lowest BCUT2D eigenvalue weighted by Crippen LogP contribution is -2.18. The third-order valence-corrected chi connectivity index (χ3v) is 6.72. The zero-order valence-electron chi connectivity index (χ0n) is 17.9. The Hall–Kier alpha value is -2.95. The van der Waals surface area contributed by atoms with E-state index in [1.165, 1.54) is 17.4 Å². The highest BCUT2D eigenvalue weighted by molar-refractivity contribution is 7.17. The topological polar surface area (TPSA) is 98.5 Å². The van der Waals surface area contributed by atoms with Crippen LogP contribution in [0.5, 0.6) is 0 Å². The number of carbonyl (C=O) groups is 2. The summed E-state index contributed by atoms with van der Waals surface area (Å²) >= 11 is 1.34. The van der Waals surface area contributed by atoms with E-state index in [1.54, 1.807) is 13.8 Å². The lowest BCUT2D eigenvalue weighted by molar-refractivity contribution is 0.0526. The fourth-order valence-corrected chi connectivity index (χ4v) is 5.28. The van der Waals surface area contributed by atoms with Gasteiger partial charge < -0.3 is 10.1 Å². The van der Waals surface area contributed by atoms with Gasteiger partial charge in [0, 0.05) is 10.6 Å². The van der Waals surface area contributed by atoms with Gasteiger partial charge in [0.2, 0.25) is 5.82 Å². The van der Waals surface area contributed by atoms with Crippen molar-refractivity contribution in [3.05, 3.63) is 39.3 Å². The molecule has 1 aliphatic rings. The van der Waals surface area contributed by atoms with Gasteiger partial charge >= 0.3 is 5.97 Å². The summed E-state index contributed by atoms with van der Waals surface area (Å²) < 4.78 is 32.8. The molecule has 3 aromatic rings. The average Bonchev–Trinajstić information content (AvgIpc) is 3.33. The molecule has 3 aromatic heterocycles. The summed E-state index contributed by atoms with van der Waals surface area (Å²) in [5.74, 6) is -1.06. The van der Waals surface area contributed by atoms with E-state index in [1.807, 2.05) is 0 Å². The molecule has 0 radical (unpaired) electrons. The van der Waals surface area contributed by atoms with Crippen LogP contribution in [0.3, 0.4) is 0 Å². The Kier molecular flexibility index (Phi) is 6.18. The molecule has 1 N–H and O–H groups in total. The van der Waals surface area contributed by atoms with Gasteiger partial charge in [-0.1, -0.05) is 13.3 Å². The number of amides is 1. The second kappa shape index (κ2) is 8.89. The third-order valence-electron chi connectivity index (χ3n) is 5.55. The fourth-order valence-electron chi connectivity index (χ4n) is 3.94. The van der Waals surface area contributed by atoms with Gasteiger partial charge in [-0.3, -0.25) is 4.79 Å². The van der Waals surface area contributed by atoms with Gasteiger partial charge in [-0.15, -0.1) is 16.4 Å². The summed E-state index contributed by atoms with van der Waals surface area (Å²) in [5.41, 5.74) is 1.21. The van der Waals surface area contributed by atoms with Crippen molar-refractivity contribution in [3.63, 3.8) is 0 Å². The van der Waals surface area contributed by atoms with Crippen LogP contribution in [0.2, 0.25) is 0 Å². The van der Waals surface area contributed by atoms with Crippen molar-refractivity contribution in [2.75, 3.05) is 11.9 Å². The number of carbonyl (C=O) groups excluding carboxylic acids is 2. The predicted molar refractivity (Wildman–Crippen MR) is 115 cm³/mol. The summed E-state index contributed by atoms with van der Waals surface area (Å²) in [6.07, 6.45) is 0.782. The van der Waals surface area contributed by atoms with Gasteiger partial charge in [0.1, 0.15) is 10.7 Å². The molecule has 1 atom stereocenters. The highest BCUT2D eigenvalue weighted by Gasteiger charge is 2.30. The molecule has 0 spiro atoms. The number of ether oxygens (including phenoxy) is 1. The summed E-state index contributed by atoms with van der Waals surface area (Å²) in [5, 5.41) is 7.00. The first-order chi connectivity index (χ1) is 15.3.